The molecular weight excluding hydrogens is 1070 g/mol. The standard InChI is InChI=1S/C30H45NO5Si.C27H43NO5Si.C3H3Br.Na.H/c1-9-16-32-27(20-35-37(7,8)30(4,5)6)19-33-25-14-11-15-26(18-25)34-21-28-23(3)36-29(31-28)24-13-10-12-22(2)17-24;1-19-10-8-11-21(14-19)26-28-25(20(2)33-26)18-31-24-13-9-12-23(15-24)30-16-22(29)17-32-34(6,7)27(3,4)5;1-2-3-4;;/h1,10,12-13,17,25-27H,11,14-16,18-21H2,2-8H3;8,10-11,14,22-24,29H,9,12-13,15-18H2,1-7H3;1H,3H2;;/q;;;+1;-1/t25-,26+,27+;22-,23+,24-;;;/m10.../s1. The van der Waals surface area contributed by atoms with Crippen LogP contribution in [0.15, 0.2) is 57.4 Å². The number of nitrogens with zero attached hydrogens (tertiary/aromatic N) is 2. The van der Waals surface area contributed by atoms with Crippen molar-refractivity contribution in [1.82, 2.24) is 9.97 Å². The first-order chi connectivity index (χ1) is 35.3. The maximum Gasteiger partial charge on any atom is 1.00 e. The zero-order valence-electron chi connectivity index (χ0n) is 49.9. The van der Waals surface area contributed by atoms with Gasteiger partial charge in [0.1, 0.15) is 35.6 Å². The number of aryl methyl sites for hydroxylation is 4. The summed E-state index contributed by atoms with van der Waals surface area (Å²) in [5, 5.41) is 11.3. The maximum atomic E-state index is 10.4. The molecular formula is C60H92BrN2NaO10Si2. The first-order valence-corrected chi connectivity index (χ1v) is 33.8. The third kappa shape index (κ3) is 23.0. The summed E-state index contributed by atoms with van der Waals surface area (Å²) < 4.78 is 55.0. The molecule has 0 saturated heterocycles. The number of alkyl halides is 1. The van der Waals surface area contributed by atoms with Crippen molar-refractivity contribution in [2.45, 2.75) is 207 Å². The van der Waals surface area contributed by atoms with Crippen molar-refractivity contribution >= 4 is 32.6 Å². The average Bonchev–Trinajstić information content (AvgIpc) is 3.94. The number of ether oxygens (including phenoxy) is 5. The Labute approximate surface area is 491 Å². The van der Waals surface area contributed by atoms with Gasteiger partial charge in [0.25, 0.3) is 0 Å². The predicted molar refractivity (Wildman–Crippen MR) is 311 cm³/mol. The first-order valence-electron chi connectivity index (χ1n) is 26.9. The van der Waals surface area contributed by atoms with E-state index in [1.807, 2.05) is 38.1 Å². The van der Waals surface area contributed by atoms with Gasteiger partial charge in [-0.15, -0.1) is 12.8 Å². The Hall–Kier alpha value is -2.43. The van der Waals surface area contributed by atoms with E-state index < -0.39 is 22.7 Å². The monoisotopic (exact) mass is 1160 g/mol. The SMILES string of the molecule is C#CCBr.C#CCO[C@@H](CO[C@@H]1CCC[C@H](OCc2nc(-c3cccc(C)c3)oc2C)C1)CO[Si](C)(C)C(C)(C)C.Cc1cccc(-c2nc(CO[C@H]3CCC[C@@H](OC[C@H](O)CO[Si](C)(C)C(C)(C)C)C3)c(C)o2)c1.[H-].[Na+]. The number of benzene rings is 2. The van der Waals surface area contributed by atoms with Gasteiger partial charge in [-0.1, -0.05) is 105 Å². The molecule has 4 aromatic rings. The van der Waals surface area contributed by atoms with E-state index >= 15 is 0 Å². The second-order valence-electron chi connectivity index (χ2n) is 23.2. The molecule has 0 radical (unpaired) electrons. The number of terminal acetylenes is 2. The minimum absolute atomic E-state index is 0. The van der Waals surface area contributed by atoms with Crippen molar-refractivity contribution in [1.29, 1.82) is 0 Å². The van der Waals surface area contributed by atoms with Crippen LogP contribution in [0.3, 0.4) is 0 Å². The zero-order chi connectivity index (χ0) is 55.4. The van der Waals surface area contributed by atoms with Crippen molar-refractivity contribution in [3.63, 3.8) is 0 Å². The van der Waals surface area contributed by atoms with Crippen LogP contribution in [-0.2, 0) is 45.8 Å². The van der Waals surface area contributed by atoms with Crippen molar-refractivity contribution in [2.75, 3.05) is 38.4 Å². The number of aliphatic hydroxyl groups is 1. The van der Waals surface area contributed by atoms with Crippen LogP contribution in [0.5, 0.6) is 0 Å². The normalized spacial score (nSPS) is 18.9. The number of halogens is 1. The van der Waals surface area contributed by atoms with Crippen molar-refractivity contribution in [3.05, 3.63) is 82.6 Å². The Morgan fingerprint density at radius 1 is 0.658 bits per heavy atom. The summed E-state index contributed by atoms with van der Waals surface area (Å²) in [6.45, 7) is 32.9. The molecule has 0 aliphatic heterocycles. The van der Waals surface area contributed by atoms with Gasteiger partial charge in [0.05, 0.1) is 75.5 Å². The maximum absolute atomic E-state index is 10.4. The smallest absolute Gasteiger partial charge is 1.00 e. The van der Waals surface area contributed by atoms with Gasteiger partial charge in [-0.3, -0.25) is 0 Å². The summed E-state index contributed by atoms with van der Waals surface area (Å²) in [5.41, 5.74) is 6.02. The Balaban J connectivity index is 0.000000482. The van der Waals surface area contributed by atoms with Gasteiger partial charge in [-0.05, 0) is 140 Å². The van der Waals surface area contributed by atoms with Crippen LogP contribution >= 0.6 is 15.9 Å². The largest absolute Gasteiger partial charge is 1.00 e. The minimum Gasteiger partial charge on any atom is -1.00 e. The van der Waals surface area contributed by atoms with Crippen LogP contribution in [0.2, 0.25) is 36.3 Å². The first kappa shape index (κ1) is 67.8. The summed E-state index contributed by atoms with van der Waals surface area (Å²) in [6, 6.07) is 16.3. The van der Waals surface area contributed by atoms with E-state index in [0.29, 0.717) is 56.8 Å². The Morgan fingerprint density at radius 2 is 1.07 bits per heavy atom. The van der Waals surface area contributed by atoms with Gasteiger partial charge in [0.2, 0.25) is 11.8 Å². The van der Waals surface area contributed by atoms with Gasteiger partial charge in [0, 0.05) is 11.1 Å². The van der Waals surface area contributed by atoms with Gasteiger partial charge in [0.15, 0.2) is 16.6 Å². The molecule has 16 heteroatoms. The zero-order valence-corrected chi connectivity index (χ0v) is 54.5. The molecule has 418 valence electrons. The van der Waals surface area contributed by atoms with E-state index in [2.05, 4.69) is 139 Å². The van der Waals surface area contributed by atoms with E-state index in [0.717, 1.165) is 85.4 Å². The number of oxazole rings is 2. The molecule has 6 atom stereocenters. The van der Waals surface area contributed by atoms with Crippen LogP contribution < -0.4 is 29.6 Å². The molecule has 0 bridgehead atoms. The second-order valence-corrected chi connectivity index (χ2v) is 33.3. The van der Waals surface area contributed by atoms with E-state index in [1.165, 1.54) is 11.1 Å². The third-order valence-corrected chi connectivity index (χ3v) is 24.1. The molecule has 6 rings (SSSR count). The molecule has 0 spiro atoms. The molecule has 2 saturated carbocycles. The van der Waals surface area contributed by atoms with Crippen LogP contribution in [0.1, 0.15) is 128 Å². The van der Waals surface area contributed by atoms with Crippen molar-refractivity contribution in [2.24, 2.45) is 0 Å². The summed E-state index contributed by atoms with van der Waals surface area (Å²) in [4.78, 5) is 9.38. The molecule has 2 aromatic carbocycles. The summed E-state index contributed by atoms with van der Waals surface area (Å²) >= 11 is 3.01. The fourth-order valence-corrected chi connectivity index (χ4v) is 10.1. The average molecular weight is 1160 g/mol. The number of rotatable bonds is 22. The molecule has 12 nitrogen and oxygen atoms in total. The molecule has 2 aliphatic carbocycles. The molecule has 2 fully saturated rings. The fraction of sp³-hybridized carbons (Fsp3) is 0.633. The molecule has 2 aliphatic rings. The van der Waals surface area contributed by atoms with Gasteiger partial charge in [-0.2, -0.15) is 0 Å². The summed E-state index contributed by atoms with van der Waals surface area (Å²) in [6.07, 6.45) is 17.7. The van der Waals surface area contributed by atoms with Crippen molar-refractivity contribution in [3.8, 4) is 47.6 Å². The molecule has 2 aromatic heterocycles. The quantitative estimate of drug-likeness (QED) is 0.0456. The molecule has 1 N–H and O–H groups in total. The van der Waals surface area contributed by atoms with E-state index in [9.17, 15) is 5.11 Å². The Kier molecular flexibility index (Phi) is 29.2. The molecule has 2 heterocycles. The summed E-state index contributed by atoms with van der Waals surface area (Å²) in [7, 11) is -3.74. The Morgan fingerprint density at radius 3 is 1.46 bits per heavy atom. The topological polar surface area (TPSA) is 137 Å². The van der Waals surface area contributed by atoms with Crippen LogP contribution in [0, 0.1) is 52.4 Å². The molecule has 0 unspecified atom stereocenters. The van der Waals surface area contributed by atoms with Crippen LogP contribution in [0.25, 0.3) is 22.9 Å². The van der Waals surface area contributed by atoms with Gasteiger partial charge >= 0.3 is 29.6 Å². The van der Waals surface area contributed by atoms with Gasteiger partial charge < -0.3 is 47.9 Å². The number of aliphatic hydroxyl groups excluding tert-OH is 1. The summed E-state index contributed by atoms with van der Waals surface area (Å²) in [5.74, 6) is 7.79. The number of hydrogen-bond donors (Lipinski definition) is 1. The van der Waals surface area contributed by atoms with Crippen molar-refractivity contribution < 1.29 is 77.5 Å². The fourth-order valence-electron chi connectivity index (χ4n) is 8.02. The van der Waals surface area contributed by atoms with E-state index in [-0.39, 0.29) is 78.2 Å². The molecule has 76 heavy (non-hydrogen) atoms. The number of hydrogen-bond acceptors (Lipinski definition) is 12. The van der Waals surface area contributed by atoms with E-state index in [1.54, 1.807) is 0 Å². The van der Waals surface area contributed by atoms with Crippen LogP contribution in [0.4, 0.5) is 0 Å². The molecule has 0 amide bonds. The van der Waals surface area contributed by atoms with Crippen LogP contribution in [-0.4, -0.2) is 107 Å². The number of aromatic nitrogens is 2. The minimum atomic E-state index is -1.88. The van der Waals surface area contributed by atoms with E-state index in [4.69, 9.17) is 59.2 Å². The Bertz CT molecular complexity index is 2410. The van der Waals surface area contributed by atoms with Gasteiger partial charge in [-0.25, -0.2) is 9.97 Å². The third-order valence-electron chi connectivity index (χ3n) is 14.8. The predicted octanol–water partition coefficient (Wildman–Crippen LogP) is 11.2. The second kappa shape index (κ2) is 32.7.